The van der Waals surface area contributed by atoms with Gasteiger partial charge in [-0.05, 0) is 24.3 Å². The van der Waals surface area contributed by atoms with Gasteiger partial charge in [-0.15, -0.1) is 0 Å². The van der Waals surface area contributed by atoms with Crippen molar-refractivity contribution in [2.45, 2.75) is 10.7 Å². The van der Waals surface area contributed by atoms with Gasteiger partial charge in [-0.2, -0.15) is 13.9 Å². The normalized spacial score (nSPS) is 10.8. The van der Waals surface area contributed by atoms with E-state index in [0.717, 1.165) is 6.07 Å². The number of hydrogen-bond acceptors (Lipinski definition) is 6. The lowest BCUT2D eigenvalue weighted by Crippen LogP contribution is -2.13. The number of thioether (sulfide) groups is 1. The Bertz CT molecular complexity index is 982. The van der Waals surface area contributed by atoms with Gasteiger partial charge in [0.1, 0.15) is 18.3 Å². The fourth-order valence-corrected chi connectivity index (χ4v) is 2.90. The molecule has 2 aromatic carbocycles. The number of rotatable bonds is 6. The number of nitro benzene ring substituents is 1. The zero-order valence-electron chi connectivity index (χ0n) is 13.5. The summed E-state index contributed by atoms with van der Waals surface area (Å²) in [6.45, 7) is 0. The van der Waals surface area contributed by atoms with E-state index in [4.69, 9.17) is 0 Å². The fraction of sp³-hybridized carbons (Fsp3) is 0.0625. The van der Waals surface area contributed by atoms with E-state index < -0.39 is 16.6 Å². The van der Waals surface area contributed by atoms with Crippen molar-refractivity contribution in [3.05, 3.63) is 70.8 Å². The molecule has 3 aromatic rings. The lowest BCUT2D eigenvalue weighted by atomic mass is 10.1. The molecule has 0 spiro atoms. The van der Waals surface area contributed by atoms with Crippen molar-refractivity contribution in [2.24, 2.45) is 0 Å². The van der Waals surface area contributed by atoms with Gasteiger partial charge < -0.3 is 5.32 Å². The Morgan fingerprint density at radius 3 is 2.70 bits per heavy atom. The van der Waals surface area contributed by atoms with E-state index in [2.05, 4.69) is 15.4 Å². The van der Waals surface area contributed by atoms with Crippen molar-refractivity contribution >= 4 is 29.0 Å². The number of para-hydroxylation sites is 1. The summed E-state index contributed by atoms with van der Waals surface area (Å²) in [5.41, 5.74) is -0.00989. The Kier molecular flexibility index (Phi) is 5.41. The van der Waals surface area contributed by atoms with E-state index in [9.17, 15) is 23.7 Å². The number of carbonyl (C=O) groups excluding carboxylic acids is 1. The first-order valence-corrected chi connectivity index (χ1v) is 8.32. The van der Waals surface area contributed by atoms with Crippen molar-refractivity contribution in [3.63, 3.8) is 0 Å². The van der Waals surface area contributed by atoms with Crippen LogP contribution in [0, 0.1) is 10.1 Å². The maximum Gasteiger partial charge on any atom is 0.295 e. The molecule has 138 valence electrons. The number of alkyl halides is 2. The summed E-state index contributed by atoms with van der Waals surface area (Å²) in [5.74, 6) is -3.31. The molecule has 0 fully saturated rings. The number of nitrogens with zero attached hydrogens (tertiary/aromatic N) is 4. The van der Waals surface area contributed by atoms with Gasteiger partial charge in [0.25, 0.3) is 17.4 Å². The zero-order valence-corrected chi connectivity index (χ0v) is 14.3. The van der Waals surface area contributed by atoms with Crippen LogP contribution < -0.4 is 5.32 Å². The number of benzene rings is 2. The average molecular weight is 391 g/mol. The Morgan fingerprint density at radius 2 is 2.04 bits per heavy atom. The number of nitrogens with one attached hydrogen (secondary N) is 1. The van der Waals surface area contributed by atoms with E-state index in [0.29, 0.717) is 11.8 Å². The van der Waals surface area contributed by atoms with Gasteiger partial charge in [-0.1, -0.05) is 23.9 Å². The largest absolute Gasteiger partial charge is 0.321 e. The molecule has 0 aliphatic carbocycles. The fourth-order valence-electron chi connectivity index (χ4n) is 2.30. The first-order valence-electron chi connectivity index (χ1n) is 7.44. The number of anilines is 1. The van der Waals surface area contributed by atoms with Crippen LogP contribution in [0.4, 0.5) is 20.2 Å². The number of aromatic nitrogens is 3. The molecule has 1 amide bonds. The van der Waals surface area contributed by atoms with Crippen LogP contribution in [-0.2, 0) is 0 Å². The summed E-state index contributed by atoms with van der Waals surface area (Å²) in [4.78, 5) is 27.1. The molecule has 1 N–H and O–H groups in total. The molecule has 0 saturated heterocycles. The van der Waals surface area contributed by atoms with Crippen LogP contribution in [0.2, 0.25) is 0 Å². The average Bonchev–Trinajstić information content (AvgIpc) is 3.17. The number of halogens is 2. The minimum absolute atomic E-state index is 0.00224. The molecule has 27 heavy (non-hydrogen) atoms. The van der Waals surface area contributed by atoms with Crippen LogP contribution in [0.3, 0.4) is 0 Å². The van der Waals surface area contributed by atoms with Gasteiger partial charge in [0.15, 0.2) is 0 Å². The molecular weight excluding hydrogens is 380 g/mol. The SMILES string of the molecule is O=C(Nc1ccccc1SC(F)F)c1ccc(-n2cncn2)c([N+](=O)[O-])c1. The van der Waals surface area contributed by atoms with E-state index >= 15 is 0 Å². The van der Waals surface area contributed by atoms with Crippen LogP contribution in [0.5, 0.6) is 0 Å². The molecule has 0 aliphatic heterocycles. The molecule has 0 saturated carbocycles. The van der Waals surface area contributed by atoms with Crippen LogP contribution in [0.1, 0.15) is 10.4 Å². The van der Waals surface area contributed by atoms with Crippen LogP contribution in [-0.4, -0.2) is 31.4 Å². The third-order valence-corrected chi connectivity index (χ3v) is 4.24. The maximum atomic E-state index is 12.6. The highest BCUT2D eigenvalue weighted by Crippen LogP contribution is 2.32. The van der Waals surface area contributed by atoms with Crippen molar-refractivity contribution in [2.75, 3.05) is 5.32 Å². The minimum atomic E-state index is -2.65. The maximum absolute atomic E-state index is 12.6. The summed E-state index contributed by atoms with van der Waals surface area (Å²) >= 11 is 0.296. The molecule has 1 aromatic heterocycles. The van der Waals surface area contributed by atoms with Gasteiger partial charge in [0.2, 0.25) is 0 Å². The van der Waals surface area contributed by atoms with Crippen molar-refractivity contribution in [3.8, 4) is 5.69 Å². The van der Waals surface area contributed by atoms with Crippen molar-refractivity contribution in [1.82, 2.24) is 14.8 Å². The third kappa shape index (κ3) is 4.26. The number of nitro groups is 1. The molecule has 0 aliphatic rings. The Morgan fingerprint density at radius 1 is 1.26 bits per heavy atom. The number of amides is 1. The van der Waals surface area contributed by atoms with Gasteiger partial charge in [0, 0.05) is 16.5 Å². The van der Waals surface area contributed by atoms with E-state index in [1.54, 1.807) is 12.1 Å². The predicted octanol–water partition coefficient (Wildman–Crippen LogP) is 3.74. The monoisotopic (exact) mass is 391 g/mol. The van der Waals surface area contributed by atoms with Crippen molar-refractivity contribution in [1.29, 1.82) is 0 Å². The van der Waals surface area contributed by atoms with Crippen LogP contribution in [0.25, 0.3) is 5.69 Å². The summed E-state index contributed by atoms with van der Waals surface area (Å²) in [7, 11) is 0. The number of hydrogen-bond donors (Lipinski definition) is 1. The second-order valence-corrected chi connectivity index (χ2v) is 6.16. The molecule has 8 nitrogen and oxygen atoms in total. The highest BCUT2D eigenvalue weighted by Gasteiger charge is 2.20. The first kappa shape index (κ1) is 18.5. The second kappa shape index (κ2) is 7.91. The molecule has 1 heterocycles. The standard InChI is InChI=1S/C16H11F2N5O3S/c17-16(18)27-14-4-2-1-3-11(14)21-15(24)10-5-6-12(13(7-10)23(25)26)22-9-19-8-20-22/h1-9,16H,(H,21,24). The topological polar surface area (TPSA) is 103 Å². The van der Waals surface area contributed by atoms with Gasteiger partial charge in [-0.3, -0.25) is 14.9 Å². The lowest BCUT2D eigenvalue weighted by molar-refractivity contribution is -0.384. The first-order chi connectivity index (χ1) is 13.0. The summed E-state index contributed by atoms with van der Waals surface area (Å²) in [6.07, 6.45) is 2.52. The van der Waals surface area contributed by atoms with Gasteiger partial charge >= 0.3 is 0 Å². The smallest absolute Gasteiger partial charge is 0.295 e. The van der Waals surface area contributed by atoms with Gasteiger partial charge in [0.05, 0.1) is 10.6 Å². The van der Waals surface area contributed by atoms with Crippen LogP contribution >= 0.6 is 11.8 Å². The quantitative estimate of drug-likeness (QED) is 0.390. The zero-order chi connectivity index (χ0) is 19.4. The highest BCUT2D eigenvalue weighted by molar-refractivity contribution is 7.99. The third-order valence-electron chi connectivity index (χ3n) is 3.45. The lowest BCUT2D eigenvalue weighted by Gasteiger charge is -2.11. The van der Waals surface area contributed by atoms with E-state index in [-0.39, 0.29) is 27.5 Å². The molecular formula is C16H11F2N5O3S. The van der Waals surface area contributed by atoms with E-state index in [1.807, 2.05) is 0 Å². The molecule has 0 atom stereocenters. The molecule has 0 unspecified atom stereocenters. The summed E-state index contributed by atoms with van der Waals surface area (Å²) in [5, 5.41) is 17.7. The minimum Gasteiger partial charge on any atom is -0.321 e. The van der Waals surface area contributed by atoms with Crippen LogP contribution in [0.15, 0.2) is 60.0 Å². The Balaban J connectivity index is 1.90. The molecule has 3 rings (SSSR count). The summed E-state index contributed by atoms with van der Waals surface area (Å²) < 4.78 is 26.5. The molecule has 0 radical (unpaired) electrons. The number of carbonyl (C=O) groups is 1. The van der Waals surface area contributed by atoms with E-state index in [1.165, 1.54) is 41.6 Å². The van der Waals surface area contributed by atoms with Gasteiger partial charge in [-0.25, -0.2) is 9.67 Å². The Hall–Kier alpha value is -3.34. The Labute approximate surface area is 155 Å². The molecule has 0 bridgehead atoms. The van der Waals surface area contributed by atoms with Crippen molar-refractivity contribution < 1.29 is 18.5 Å². The predicted molar refractivity (Wildman–Crippen MR) is 94.3 cm³/mol. The second-order valence-electron chi connectivity index (χ2n) is 5.13. The molecule has 11 heteroatoms. The highest BCUT2D eigenvalue weighted by atomic mass is 32.2. The summed E-state index contributed by atoms with van der Waals surface area (Å²) in [6, 6.07) is 9.90.